The van der Waals surface area contributed by atoms with Crippen molar-refractivity contribution in [2.75, 3.05) is 20.3 Å². The number of benzene rings is 3. The Hall–Kier alpha value is -3.65. The normalized spacial score (nSPS) is 13.5. The van der Waals surface area contributed by atoms with Crippen molar-refractivity contribution in [3.05, 3.63) is 65.0 Å². The molecule has 0 radical (unpaired) electrons. The molecule has 0 saturated carbocycles. The van der Waals surface area contributed by atoms with Gasteiger partial charge in [-0.05, 0) is 16.8 Å². The van der Waals surface area contributed by atoms with Gasteiger partial charge in [-0.2, -0.15) is 4.99 Å². The molecule has 2 heterocycles. The smallest absolute Gasteiger partial charge is 0.307 e. The maximum absolute atomic E-state index is 13.2. The Bertz CT molecular complexity index is 1410. The largest absolute Gasteiger partial charge is 0.486 e. The predicted octanol–water partition coefficient (Wildman–Crippen LogP) is 3.93. The summed E-state index contributed by atoms with van der Waals surface area (Å²) >= 11 is 1.37. The molecule has 0 bridgehead atoms. The molecule has 7 nitrogen and oxygen atoms in total. The Labute approximate surface area is 187 Å². The van der Waals surface area contributed by atoms with Crippen LogP contribution >= 0.6 is 11.3 Å². The molecule has 162 valence electrons. The summed E-state index contributed by atoms with van der Waals surface area (Å²) in [5.41, 5.74) is 1.36. The van der Waals surface area contributed by atoms with Gasteiger partial charge >= 0.3 is 5.97 Å². The van der Waals surface area contributed by atoms with Crippen molar-refractivity contribution in [2.45, 2.75) is 13.0 Å². The number of rotatable bonds is 4. The minimum absolute atomic E-state index is 0.159. The highest BCUT2D eigenvalue weighted by atomic mass is 32.1. The molecule has 1 aliphatic rings. The Kier molecular flexibility index (Phi) is 5.36. The Morgan fingerprint density at radius 1 is 1.06 bits per heavy atom. The van der Waals surface area contributed by atoms with Crippen molar-refractivity contribution in [3.8, 4) is 11.5 Å². The van der Waals surface area contributed by atoms with Crippen LogP contribution in [0.3, 0.4) is 0 Å². The van der Waals surface area contributed by atoms with Crippen LogP contribution in [0.4, 0.5) is 0 Å². The molecule has 3 aromatic carbocycles. The van der Waals surface area contributed by atoms with Crippen molar-refractivity contribution >= 4 is 44.2 Å². The topological polar surface area (TPSA) is 79.1 Å². The number of nitrogens with zero attached hydrogens (tertiary/aromatic N) is 2. The first-order valence-electron chi connectivity index (χ1n) is 10.2. The summed E-state index contributed by atoms with van der Waals surface area (Å²) in [6.07, 6.45) is 0.159. The first-order chi connectivity index (χ1) is 15.6. The van der Waals surface area contributed by atoms with E-state index < -0.39 is 0 Å². The molecule has 0 saturated heterocycles. The van der Waals surface area contributed by atoms with Gasteiger partial charge in [0.25, 0.3) is 5.91 Å². The number of methoxy groups -OCH3 is 1. The highest BCUT2D eigenvalue weighted by Gasteiger charge is 2.18. The summed E-state index contributed by atoms with van der Waals surface area (Å²) in [5, 5.41) is 1.83. The first-order valence-corrected chi connectivity index (χ1v) is 11.0. The van der Waals surface area contributed by atoms with E-state index in [0.717, 1.165) is 21.0 Å². The number of carbonyl (C=O) groups excluding carboxylic acids is 2. The lowest BCUT2D eigenvalue weighted by molar-refractivity contribution is -0.140. The van der Waals surface area contributed by atoms with E-state index in [-0.39, 0.29) is 18.3 Å². The van der Waals surface area contributed by atoms with Crippen molar-refractivity contribution in [3.63, 3.8) is 0 Å². The summed E-state index contributed by atoms with van der Waals surface area (Å²) in [6, 6.07) is 17.1. The monoisotopic (exact) mass is 448 g/mol. The third-order valence-corrected chi connectivity index (χ3v) is 6.37. The molecular weight excluding hydrogens is 428 g/mol. The summed E-state index contributed by atoms with van der Waals surface area (Å²) in [7, 11) is 1.36. The second kappa shape index (κ2) is 8.47. The molecule has 8 heteroatoms. The third kappa shape index (κ3) is 3.73. The molecule has 1 aromatic heterocycles. The van der Waals surface area contributed by atoms with Gasteiger partial charge in [0.15, 0.2) is 16.3 Å². The van der Waals surface area contributed by atoms with Gasteiger partial charge in [-0.1, -0.05) is 47.7 Å². The van der Waals surface area contributed by atoms with E-state index in [9.17, 15) is 9.59 Å². The van der Waals surface area contributed by atoms with Gasteiger partial charge in [-0.15, -0.1) is 0 Å². The van der Waals surface area contributed by atoms with E-state index in [1.165, 1.54) is 18.4 Å². The number of amides is 1. The second-order valence-corrected chi connectivity index (χ2v) is 8.28. The number of fused-ring (bicyclic) bond motifs is 3. The number of ether oxygens (including phenoxy) is 3. The van der Waals surface area contributed by atoms with Crippen LogP contribution in [0.1, 0.15) is 16.8 Å². The SMILES string of the molecule is COC(=O)CCn1c(=NC(=O)c2cccc3ccccc23)sc2cc3c(cc21)OCCO3. The molecule has 0 aliphatic carbocycles. The second-order valence-electron chi connectivity index (χ2n) is 7.27. The van der Waals surface area contributed by atoms with Crippen LogP contribution in [0.25, 0.3) is 21.0 Å². The lowest BCUT2D eigenvalue weighted by Crippen LogP contribution is -2.19. The fraction of sp³-hybridized carbons (Fsp3) is 0.208. The molecule has 4 aromatic rings. The van der Waals surface area contributed by atoms with Gasteiger partial charge in [0.2, 0.25) is 0 Å². The van der Waals surface area contributed by atoms with E-state index >= 15 is 0 Å². The van der Waals surface area contributed by atoms with Crippen LogP contribution in [-0.2, 0) is 16.1 Å². The molecule has 0 spiro atoms. The number of aryl methyl sites for hydroxylation is 1. The molecule has 1 amide bonds. The van der Waals surface area contributed by atoms with Gasteiger partial charge in [-0.3, -0.25) is 9.59 Å². The zero-order chi connectivity index (χ0) is 22.1. The number of thiazole rings is 1. The Balaban J connectivity index is 1.65. The number of hydrogen-bond acceptors (Lipinski definition) is 6. The van der Waals surface area contributed by atoms with Crippen LogP contribution in [0, 0.1) is 0 Å². The lowest BCUT2D eigenvalue weighted by atomic mass is 10.0. The Morgan fingerprint density at radius 3 is 2.62 bits per heavy atom. The average Bonchev–Trinajstić information content (AvgIpc) is 3.16. The van der Waals surface area contributed by atoms with Gasteiger partial charge in [0.05, 0.1) is 23.7 Å². The van der Waals surface area contributed by atoms with E-state index in [1.54, 1.807) is 6.07 Å². The number of esters is 1. The molecule has 5 rings (SSSR count). The zero-order valence-corrected chi connectivity index (χ0v) is 18.2. The highest BCUT2D eigenvalue weighted by molar-refractivity contribution is 7.16. The Morgan fingerprint density at radius 2 is 1.81 bits per heavy atom. The van der Waals surface area contributed by atoms with E-state index in [0.29, 0.717) is 41.6 Å². The molecule has 0 atom stereocenters. The van der Waals surface area contributed by atoms with Crippen LogP contribution in [-0.4, -0.2) is 36.8 Å². The predicted molar refractivity (Wildman–Crippen MR) is 121 cm³/mol. The maximum Gasteiger partial charge on any atom is 0.307 e. The standard InChI is InChI=1S/C24H20N2O5S/c1-29-22(27)9-10-26-18-13-19-20(31-12-11-30-19)14-21(18)32-24(26)25-23(28)17-8-4-6-15-5-2-3-7-16(15)17/h2-8,13-14H,9-12H2,1H3. The number of aromatic nitrogens is 1. The van der Waals surface area contributed by atoms with Crippen LogP contribution in [0.15, 0.2) is 59.6 Å². The summed E-state index contributed by atoms with van der Waals surface area (Å²) in [5.74, 6) is 0.635. The van der Waals surface area contributed by atoms with Crippen molar-refractivity contribution in [1.29, 1.82) is 0 Å². The van der Waals surface area contributed by atoms with E-state index in [2.05, 4.69) is 4.99 Å². The van der Waals surface area contributed by atoms with E-state index in [1.807, 2.05) is 53.1 Å². The quantitative estimate of drug-likeness (QED) is 0.442. The van der Waals surface area contributed by atoms with Crippen molar-refractivity contribution < 1.29 is 23.8 Å². The fourth-order valence-electron chi connectivity index (χ4n) is 3.77. The fourth-order valence-corrected chi connectivity index (χ4v) is 4.84. The summed E-state index contributed by atoms with van der Waals surface area (Å²) in [6.45, 7) is 1.29. The minimum atomic E-state index is -0.336. The number of hydrogen-bond donors (Lipinski definition) is 0. The first kappa shape index (κ1) is 20.3. The van der Waals surface area contributed by atoms with Crippen LogP contribution in [0.5, 0.6) is 11.5 Å². The van der Waals surface area contributed by atoms with E-state index in [4.69, 9.17) is 14.2 Å². The molecular formula is C24H20N2O5S. The molecule has 0 unspecified atom stereocenters. The molecule has 0 N–H and O–H groups in total. The number of carbonyl (C=O) groups is 2. The molecule has 0 fully saturated rings. The van der Waals surface area contributed by atoms with Crippen LogP contribution < -0.4 is 14.3 Å². The maximum atomic E-state index is 13.2. The van der Waals surface area contributed by atoms with Crippen LogP contribution in [0.2, 0.25) is 0 Å². The minimum Gasteiger partial charge on any atom is -0.486 e. The molecule has 1 aliphatic heterocycles. The average molecular weight is 449 g/mol. The lowest BCUT2D eigenvalue weighted by Gasteiger charge is -2.18. The van der Waals surface area contributed by atoms with Gasteiger partial charge in [-0.25, -0.2) is 0 Å². The summed E-state index contributed by atoms with van der Waals surface area (Å²) in [4.78, 5) is 30.0. The van der Waals surface area contributed by atoms with Crippen molar-refractivity contribution in [1.82, 2.24) is 4.57 Å². The van der Waals surface area contributed by atoms with Gasteiger partial charge in [0.1, 0.15) is 13.2 Å². The van der Waals surface area contributed by atoms with Gasteiger partial charge in [0, 0.05) is 24.2 Å². The van der Waals surface area contributed by atoms with Gasteiger partial charge < -0.3 is 18.8 Å². The van der Waals surface area contributed by atoms with Crippen molar-refractivity contribution in [2.24, 2.45) is 4.99 Å². The highest BCUT2D eigenvalue weighted by Crippen LogP contribution is 2.35. The zero-order valence-electron chi connectivity index (χ0n) is 17.4. The molecule has 32 heavy (non-hydrogen) atoms. The third-order valence-electron chi connectivity index (χ3n) is 5.33. The summed E-state index contributed by atoms with van der Waals surface area (Å²) < 4.78 is 19.0.